The second kappa shape index (κ2) is 7.83. The summed E-state index contributed by atoms with van der Waals surface area (Å²) in [6, 6.07) is 6.38. The third-order valence-corrected chi connectivity index (χ3v) is 5.16. The lowest BCUT2D eigenvalue weighted by Gasteiger charge is -2.34. The zero-order valence-corrected chi connectivity index (χ0v) is 16.0. The van der Waals surface area contributed by atoms with Crippen LogP contribution >= 0.6 is 0 Å². The van der Waals surface area contributed by atoms with Crippen molar-refractivity contribution in [2.45, 2.75) is 51.6 Å². The molecule has 0 saturated carbocycles. The third kappa shape index (κ3) is 4.57. The zero-order valence-electron chi connectivity index (χ0n) is 16.0. The van der Waals surface area contributed by atoms with Crippen LogP contribution in [0.3, 0.4) is 0 Å². The van der Waals surface area contributed by atoms with E-state index in [2.05, 4.69) is 16.3 Å². The summed E-state index contributed by atoms with van der Waals surface area (Å²) in [6.45, 7) is 7.58. The molecule has 0 aliphatic carbocycles. The van der Waals surface area contributed by atoms with Gasteiger partial charge in [0, 0.05) is 19.6 Å². The molecule has 2 heterocycles. The standard InChI is InChI=1S/C20H26FN3O3/c1-13-18(27-20(2,3)26-13)19(25)23-12-14-6-8-24(9-7-14)17-5-4-16(21)10-15(17)11-22/h4-5,10,13-14,18H,6-9,12H2,1-3H3,(H,23,25)/t13-,18+/m0/s1. The molecule has 0 spiro atoms. The summed E-state index contributed by atoms with van der Waals surface area (Å²) in [4.78, 5) is 14.5. The van der Waals surface area contributed by atoms with Crippen LogP contribution in [-0.2, 0) is 14.3 Å². The SMILES string of the molecule is C[C@@H]1OC(C)(C)O[C@H]1C(=O)NCC1CCN(c2ccc(F)cc2C#N)CC1. The van der Waals surface area contributed by atoms with Gasteiger partial charge in [0.2, 0.25) is 0 Å². The monoisotopic (exact) mass is 375 g/mol. The van der Waals surface area contributed by atoms with Crippen LogP contribution in [0.1, 0.15) is 39.2 Å². The normalized spacial score (nSPS) is 25.2. The Balaban J connectivity index is 1.49. The first-order valence-corrected chi connectivity index (χ1v) is 9.37. The Labute approximate surface area is 159 Å². The van der Waals surface area contributed by atoms with Crippen LogP contribution in [0.4, 0.5) is 10.1 Å². The molecule has 1 amide bonds. The van der Waals surface area contributed by atoms with Gasteiger partial charge in [0.25, 0.3) is 5.91 Å². The molecule has 1 aromatic rings. The first-order valence-electron chi connectivity index (χ1n) is 9.37. The molecule has 6 nitrogen and oxygen atoms in total. The van der Waals surface area contributed by atoms with Crippen molar-refractivity contribution in [1.82, 2.24) is 5.32 Å². The van der Waals surface area contributed by atoms with E-state index in [4.69, 9.17) is 9.47 Å². The topological polar surface area (TPSA) is 74.6 Å². The van der Waals surface area contributed by atoms with Gasteiger partial charge in [0.05, 0.1) is 17.4 Å². The average Bonchev–Trinajstić information content (AvgIpc) is 2.92. The van der Waals surface area contributed by atoms with Crippen LogP contribution in [0, 0.1) is 23.1 Å². The number of ether oxygens (including phenoxy) is 2. The molecule has 7 heteroatoms. The van der Waals surface area contributed by atoms with E-state index in [1.165, 1.54) is 12.1 Å². The van der Waals surface area contributed by atoms with Crippen molar-refractivity contribution in [3.63, 3.8) is 0 Å². The van der Waals surface area contributed by atoms with Gasteiger partial charge in [0.1, 0.15) is 11.9 Å². The van der Waals surface area contributed by atoms with Gasteiger partial charge in [-0.25, -0.2) is 4.39 Å². The number of benzene rings is 1. The zero-order chi connectivity index (χ0) is 19.6. The summed E-state index contributed by atoms with van der Waals surface area (Å²) in [5, 5.41) is 12.2. The Hall–Kier alpha value is -2.17. The smallest absolute Gasteiger partial charge is 0.251 e. The van der Waals surface area contributed by atoms with E-state index in [-0.39, 0.29) is 12.0 Å². The molecule has 27 heavy (non-hydrogen) atoms. The minimum absolute atomic E-state index is 0.138. The average molecular weight is 375 g/mol. The van der Waals surface area contributed by atoms with Crippen LogP contribution in [0.5, 0.6) is 0 Å². The lowest BCUT2D eigenvalue weighted by molar-refractivity contribution is -0.155. The van der Waals surface area contributed by atoms with Gasteiger partial charge in [-0.15, -0.1) is 0 Å². The van der Waals surface area contributed by atoms with Gasteiger partial charge >= 0.3 is 0 Å². The first-order chi connectivity index (χ1) is 12.8. The van der Waals surface area contributed by atoms with E-state index in [1.54, 1.807) is 19.9 Å². The molecule has 0 aromatic heterocycles. The Morgan fingerprint density at radius 3 is 2.67 bits per heavy atom. The van der Waals surface area contributed by atoms with Gasteiger partial charge in [-0.2, -0.15) is 5.26 Å². The minimum atomic E-state index is -0.736. The molecule has 0 radical (unpaired) electrons. The second-order valence-corrected chi connectivity index (χ2v) is 7.71. The lowest BCUT2D eigenvalue weighted by atomic mass is 9.95. The molecular formula is C20H26FN3O3. The molecule has 0 unspecified atom stereocenters. The van der Waals surface area contributed by atoms with Crippen LogP contribution < -0.4 is 10.2 Å². The minimum Gasteiger partial charge on any atom is -0.370 e. The molecular weight excluding hydrogens is 349 g/mol. The Bertz CT molecular complexity index is 738. The lowest BCUT2D eigenvalue weighted by Crippen LogP contribution is -2.44. The maximum Gasteiger partial charge on any atom is 0.251 e. The summed E-state index contributed by atoms with van der Waals surface area (Å²) in [5.74, 6) is -0.911. The second-order valence-electron chi connectivity index (χ2n) is 7.71. The van der Waals surface area contributed by atoms with Crippen molar-refractivity contribution >= 4 is 11.6 Å². The number of nitrogens with one attached hydrogen (secondary N) is 1. The molecule has 1 aromatic carbocycles. The van der Waals surface area contributed by atoms with Crippen molar-refractivity contribution in [3.8, 4) is 6.07 Å². The van der Waals surface area contributed by atoms with Crippen molar-refractivity contribution < 1.29 is 18.7 Å². The first kappa shape index (κ1) is 19.6. The number of carbonyl (C=O) groups is 1. The number of carbonyl (C=O) groups excluding carboxylic acids is 1. The van der Waals surface area contributed by atoms with E-state index in [0.29, 0.717) is 18.0 Å². The highest BCUT2D eigenvalue weighted by Gasteiger charge is 2.42. The van der Waals surface area contributed by atoms with Gasteiger partial charge in [-0.1, -0.05) is 0 Å². The summed E-state index contributed by atoms with van der Waals surface area (Å²) >= 11 is 0. The van der Waals surface area contributed by atoms with Crippen molar-refractivity contribution in [2.75, 3.05) is 24.5 Å². The summed E-state index contributed by atoms with van der Waals surface area (Å²) in [6.07, 6.45) is 0.930. The number of amides is 1. The summed E-state index contributed by atoms with van der Waals surface area (Å²) < 4.78 is 24.6. The molecule has 2 aliphatic rings. The number of halogens is 1. The number of hydrogen-bond acceptors (Lipinski definition) is 5. The fourth-order valence-corrected chi connectivity index (χ4v) is 3.80. The molecule has 2 saturated heterocycles. The number of hydrogen-bond donors (Lipinski definition) is 1. The molecule has 2 atom stereocenters. The molecule has 2 aliphatic heterocycles. The fraction of sp³-hybridized carbons (Fsp3) is 0.600. The van der Waals surface area contributed by atoms with E-state index < -0.39 is 17.7 Å². The van der Waals surface area contributed by atoms with Gasteiger partial charge < -0.3 is 19.7 Å². The summed E-state index contributed by atoms with van der Waals surface area (Å²) in [7, 11) is 0. The number of nitriles is 1. The molecule has 0 bridgehead atoms. The number of rotatable bonds is 4. The highest BCUT2D eigenvalue weighted by Crippen LogP contribution is 2.29. The maximum atomic E-state index is 13.3. The van der Waals surface area contributed by atoms with Crippen LogP contribution in [0.15, 0.2) is 18.2 Å². The predicted octanol–water partition coefficient (Wildman–Crippen LogP) is 2.57. The third-order valence-electron chi connectivity index (χ3n) is 5.16. The molecule has 146 valence electrons. The molecule has 2 fully saturated rings. The van der Waals surface area contributed by atoms with Crippen LogP contribution in [0.25, 0.3) is 0 Å². The fourth-order valence-electron chi connectivity index (χ4n) is 3.80. The van der Waals surface area contributed by atoms with E-state index in [1.807, 2.05) is 6.92 Å². The highest BCUT2D eigenvalue weighted by molar-refractivity contribution is 5.81. The van der Waals surface area contributed by atoms with E-state index >= 15 is 0 Å². The van der Waals surface area contributed by atoms with Crippen LogP contribution in [0.2, 0.25) is 0 Å². The maximum absolute atomic E-state index is 13.3. The van der Waals surface area contributed by atoms with Crippen molar-refractivity contribution in [1.29, 1.82) is 5.26 Å². The molecule has 3 rings (SSSR count). The van der Waals surface area contributed by atoms with Gasteiger partial charge in [0.15, 0.2) is 11.9 Å². The van der Waals surface area contributed by atoms with Crippen molar-refractivity contribution in [3.05, 3.63) is 29.6 Å². The number of piperidine rings is 1. The van der Waals surface area contributed by atoms with Gasteiger partial charge in [-0.05, 0) is 57.7 Å². The van der Waals surface area contributed by atoms with Gasteiger partial charge in [-0.3, -0.25) is 4.79 Å². The number of anilines is 1. The predicted molar refractivity (Wildman–Crippen MR) is 98.6 cm³/mol. The largest absolute Gasteiger partial charge is 0.370 e. The Kier molecular flexibility index (Phi) is 5.68. The molecule has 1 N–H and O–H groups in total. The Morgan fingerprint density at radius 2 is 2.07 bits per heavy atom. The van der Waals surface area contributed by atoms with Crippen LogP contribution in [-0.4, -0.2) is 43.5 Å². The summed E-state index contributed by atoms with van der Waals surface area (Å²) in [5.41, 5.74) is 1.13. The Morgan fingerprint density at radius 1 is 1.37 bits per heavy atom. The number of nitrogens with zero attached hydrogens (tertiary/aromatic N) is 2. The van der Waals surface area contributed by atoms with E-state index in [9.17, 15) is 14.4 Å². The van der Waals surface area contributed by atoms with E-state index in [0.717, 1.165) is 31.6 Å². The van der Waals surface area contributed by atoms with Crippen molar-refractivity contribution in [2.24, 2.45) is 5.92 Å². The highest BCUT2D eigenvalue weighted by atomic mass is 19.1. The quantitative estimate of drug-likeness (QED) is 0.875.